The van der Waals surface area contributed by atoms with Gasteiger partial charge >= 0.3 is 5.97 Å². The van der Waals surface area contributed by atoms with Crippen LogP contribution in [0.5, 0.6) is 0 Å². The Morgan fingerprint density at radius 3 is 2.56 bits per heavy atom. The number of rotatable bonds is 9. The maximum atomic E-state index is 12.3. The Morgan fingerprint density at radius 1 is 1.28 bits per heavy atom. The normalized spacial score (nSPS) is 14.5. The van der Waals surface area contributed by atoms with E-state index in [1.807, 2.05) is 6.26 Å². The minimum atomic E-state index is -0.802. The molecule has 1 aromatic carbocycles. The second-order valence-corrected chi connectivity index (χ2v) is 7.19. The number of amides is 2. The lowest BCUT2D eigenvalue weighted by Crippen LogP contribution is -2.43. The summed E-state index contributed by atoms with van der Waals surface area (Å²) in [4.78, 5) is 36.1. The van der Waals surface area contributed by atoms with Gasteiger partial charge in [-0.3, -0.25) is 9.59 Å². The highest BCUT2D eigenvalue weighted by atomic mass is 35.5. The first kappa shape index (κ1) is 19.6. The highest BCUT2D eigenvalue weighted by Gasteiger charge is 2.26. The van der Waals surface area contributed by atoms with Crippen LogP contribution in [0.1, 0.15) is 29.6 Å². The lowest BCUT2D eigenvalue weighted by molar-refractivity contribution is -0.150. The highest BCUT2D eigenvalue weighted by Crippen LogP contribution is 2.18. The minimum absolute atomic E-state index is 0.211. The molecule has 0 unspecified atom stereocenters. The van der Waals surface area contributed by atoms with Crippen LogP contribution in [0.25, 0.3) is 0 Å². The van der Waals surface area contributed by atoms with Crippen LogP contribution < -0.4 is 10.6 Å². The maximum Gasteiger partial charge on any atom is 0.329 e. The molecule has 25 heavy (non-hydrogen) atoms. The fourth-order valence-corrected chi connectivity index (χ4v) is 2.66. The van der Waals surface area contributed by atoms with Gasteiger partial charge in [0.05, 0.1) is 0 Å². The van der Waals surface area contributed by atoms with E-state index in [4.69, 9.17) is 16.3 Å². The number of ether oxygens (including phenoxy) is 1. The first-order valence-corrected chi connectivity index (χ1v) is 9.78. The van der Waals surface area contributed by atoms with E-state index < -0.39 is 12.0 Å². The predicted octanol–water partition coefficient (Wildman–Crippen LogP) is 2.01. The van der Waals surface area contributed by atoms with E-state index in [1.165, 1.54) is 0 Å². The van der Waals surface area contributed by atoms with Crippen LogP contribution in [-0.4, -0.2) is 48.5 Å². The average Bonchev–Trinajstić information content (AvgIpc) is 3.40. The van der Waals surface area contributed by atoms with E-state index in [2.05, 4.69) is 10.6 Å². The van der Waals surface area contributed by atoms with Gasteiger partial charge in [0.15, 0.2) is 6.61 Å². The van der Waals surface area contributed by atoms with Crippen molar-refractivity contribution in [2.24, 2.45) is 0 Å². The molecule has 0 heterocycles. The number of hydrogen-bond acceptors (Lipinski definition) is 5. The Bertz CT molecular complexity index is 620. The van der Waals surface area contributed by atoms with Gasteiger partial charge in [-0.15, -0.1) is 0 Å². The zero-order valence-electron chi connectivity index (χ0n) is 13.9. The van der Waals surface area contributed by atoms with E-state index in [-0.39, 0.29) is 24.5 Å². The van der Waals surface area contributed by atoms with E-state index >= 15 is 0 Å². The number of thioether (sulfide) groups is 1. The zero-order chi connectivity index (χ0) is 18.2. The van der Waals surface area contributed by atoms with E-state index in [0.717, 1.165) is 12.8 Å². The minimum Gasteiger partial charge on any atom is -0.454 e. The predicted molar refractivity (Wildman–Crippen MR) is 97.8 cm³/mol. The monoisotopic (exact) mass is 384 g/mol. The molecule has 0 saturated heterocycles. The van der Waals surface area contributed by atoms with Crippen LogP contribution in [0.15, 0.2) is 24.3 Å². The number of carbonyl (C=O) groups is 3. The summed E-state index contributed by atoms with van der Waals surface area (Å²) in [6.45, 7) is -0.331. The first-order chi connectivity index (χ1) is 12.0. The van der Waals surface area contributed by atoms with Crippen molar-refractivity contribution >= 4 is 41.1 Å². The molecule has 0 aliphatic heterocycles. The van der Waals surface area contributed by atoms with Crippen LogP contribution in [0.3, 0.4) is 0 Å². The van der Waals surface area contributed by atoms with Crippen molar-refractivity contribution in [1.82, 2.24) is 10.6 Å². The van der Waals surface area contributed by atoms with E-state index in [9.17, 15) is 14.4 Å². The number of nitrogens with one attached hydrogen (secondary N) is 2. The second-order valence-electron chi connectivity index (χ2n) is 5.76. The molecule has 0 aromatic heterocycles. The Morgan fingerprint density at radius 2 is 1.96 bits per heavy atom. The SMILES string of the molecule is CSCC[C@H](NC(=O)c1ccc(Cl)cc1)C(=O)OCC(=O)NC1CC1. The first-order valence-electron chi connectivity index (χ1n) is 8.01. The van der Waals surface area contributed by atoms with Crippen molar-refractivity contribution < 1.29 is 19.1 Å². The van der Waals surface area contributed by atoms with Gasteiger partial charge in [-0.25, -0.2) is 4.79 Å². The van der Waals surface area contributed by atoms with Crippen molar-refractivity contribution in [3.8, 4) is 0 Å². The summed E-state index contributed by atoms with van der Waals surface area (Å²) in [5, 5.41) is 5.93. The molecule has 1 saturated carbocycles. The lowest BCUT2D eigenvalue weighted by Gasteiger charge is -2.17. The van der Waals surface area contributed by atoms with Gasteiger partial charge in [-0.05, 0) is 55.5 Å². The summed E-state index contributed by atoms with van der Waals surface area (Å²) >= 11 is 7.36. The molecule has 1 aromatic rings. The highest BCUT2D eigenvalue weighted by molar-refractivity contribution is 7.98. The van der Waals surface area contributed by atoms with Crippen LogP contribution in [-0.2, 0) is 14.3 Å². The molecular formula is C17H21ClN2O4S. The largest absolute Gasteiger partial charge is 0.454 e. The van der Waals surface area contributed by atoms with Gasteiger partial charge in [-0.1, -0.05) is 11.6 Å². The molecule has 6 nitrogen and oxygen atoms in total. The van der Waals surface area contributed by atoms with Crippen LogP contribution in [0.4, 0.5) is 0 Å². The number of benzene rings is 1. The molecule has 0 bridgehead atoms. The third-order valence-electron chi connectivity index (χ3n) is 3.59. The van der Waals surface area contributed by atoms with Crippen molar-refractivity contribution in [3.05, 3.63) is 34.9 Å². The number of halogens is 1. The van der Waals surface area contributed by atoms with Crippen LogP contribution >= 0.6 is 23.4 Å². The van der Waals surface area contributed by atoms with E-state index in [1.54, 1.807) is 36.0 Å². The number of hydrogen-bond donors (Lipinski definition) is 2. The summed E-state index contributed by atoms with van der Waals surface area (Å²) < 4.78 is 5.05. The molecule has 1 atom stereocenters. The quantitative estimate of drug-likeness (QED) is 0.636. The van der Waals surface area contributed by atoms with Gasteiger partial charge < -0.3 is 15.4 Å². The fraction of sp³-hybridized carbons (Fsp3) is 0.471. The van der Waals surface area contributed by atoms with Crippen LogP contribution in [0.2, 0.25) is 5.02 Å². The lowest BCUT2D eigenvalue weighted by atomic mass is 10.1. The molecular weight excluding hydrogens is 364 g/mol. The van der Waals surface area contributed by atoms with Crippen molar-refractivity contribution in [1.29, 1.82) is 0 Å². The Kier molecular flexibility index (Phi) is 7.58. The van der Waals surface area contributed by atoms with Crippen molar-refractivity contribution in [2.75, 3.05) is 18.6 Å². The summed E-state index contributed by atoms with van der Waals surface area (Å²) in [6.07, 6.45) is 4.26. The maximum absolute atomic E-state index is 12.3. The molecule has 1 aliphatic carbocycles. The Labute approximate surface area is 156 Å². The van der Waals surface area contributed by atoms with Gasteiger partial charge in [0.25, 0.3) is 11.8 Å². The third kappa shape index (κ3) is 6.96. The smallest absolute Gasteiger partial charge is 0.329 e. The molecule has 2 N–H and O–H groups in total. The standard InChI is InChI=1S/C17H21ClN2O4S/c1-25-9-8-14(17(23)24-10-15(21)19-13-6-7-13)20-16(22)11-2-4-12(18)5-3-11/h2-5,13-14H,6-10H2,1H3,(H,19,21)(H,20,22)/t14-/m0/s1. The molecule has 8 heteroatoms. The van der Waals surface area contributed by atoms with E-state index in [0.29, 0.717) is 22.8 Å². The Balaban J connectivity index is 1.89. The summed E-state index contributed by atoms with van der Waals surface area (Å²) in [6, 6.07) is 5.78. The van der Waals surface area contributed by atoms with Crippen LogP contribution in [0, 0.1) is 0 Å². The fourth-order valence-electron chi connectivity index (χ4n) is 2.06. The van der Waals surface area contributed by atoms with Crippen molar-refractivity contribution in [3.63, 3.8) is 0 Å². The molecule has 2 rings (SSSR count). The topological polar surface area (TPSA) is 84.5 Å². The molecule has 1 fully saturated rings. The average molecular weight is 385 g/mol. The molecule has 136 valence electrons. The molecule has 0 radical (unpaired) electrons. The third-order valence-corrected chi connectivity index (χ3v) is 4.49. The van der Waals surface area contributed by atoms with Gasteiger partial charge in [0.1, 0.15) is 6.04 Å². The summed E-state index contributed by atoms with van der Waals surface area (Å²) in [7, 11) is 0. The number of esters is 1. The Hall–Kier alpha value is -1.73. The van der Waals surface area contributed by atoms with Gasteiger partial charge in [0.2, 0.25) is 0 Å². The molecule has 2 amide bonds. The summed E-state index contributed by atoms with van der Waals surface area (Å²) in [5.41, 5.74) is 0.401. The number of carbonyl (C=O) groups excluding carboxylic acids is 3. The van der Waals surface area contributed by atoms with Gasteiger partial charge in [-0.2, -0.15) is 11.8 Å². The van der Waals surface area contributed by atoms with Crippen molar-refractivity contribution in [2.45, 2.75) is 31.3 Å². The second kappa shape index (κ2) is 9.68. The molecule has 0 spiro atoms. The van der Waals surface area contributed by atoms with Gasteiger partial charge in [0, 0.05) is 16.6 Å². The zero-order valence-corrected chi connectivity index (χ0v) is 15.5. The molecule has 1 aliphatic rings. The summed E-state index contributed by atoms with van der Waals surface area (Å²) in [5.74, 6) is -0.637.